The zero-order valence-electron chi connectivity index (χ0n) is 10.3. The molecule has 1 aromatic heterocycles. The molecule has 1 fully saturated rings. The molecule has 1 unspecified atom stereocenters. The smallest absolute Gasteiger partial charge is 0.166 e. The van der Waals surface area contributed by atoms with Crippen molar-refractivity contribution in [3.8, 4) is 0 Å². The summed E-state index contributed by atoms with van der Waals surface area (Å²) in [5.41, 5.74) is 0.349. The number of aromatic nitrogens is 1. The van der Waals surface area contributed by atoms with Crippen LogP contribution in [-0.4, -0.2) is 11.0 Å². The SMILES string of the molecule is CC1(C)CCCC(Nc2ncc(Br)cc2F)C1. The van der Waals surface area contributed by atoms with Crippen molar-refractivity contribution < 1.29 is 4.39 Å². The summed E-state index contributed by atoms with van der Waals surface area (Å²) in [6, 6.07) is 1.78. The lowest BCUT2D eigenvalue weighted by Crippen LogP contribution is -2.32. The van der Waals surface area contributed by atoms with Crippen molar-refractivity contribution in [2.75, 3.05) is 5.32 Å². The molecule has 1 aliphatic carbocycles. The highest BCUT2D eigenvalue weighted by Crippen LogP contribution is 2.36. The fourth-order valence-electron chi connectivity index (χ4n) is 2.54. The normalized spacial score (nSPS) is 23.4. The highest BCUT2D eigenvalue weighted by atomic mass is 79.9. The van der Waals surface area contributed by atoms with Gasteiger partial charge in [-0.15, -0.1) is 0 Å². The van der Waals surface area contributed by atoms with Gasteiger partial charge in [-0.2, -0.15) is 0 Å². The molecule has 2 rings (SSSR count). The van der Waals surface area contributed by atoms with Gasteiger partial charge < -0.3 is 5.32 Å². The number of nitrogens with one attached hydrogen (secondary N) is 1. The van der Waals surface area contributed by atoms with Crippen molar-refractivity contribution in [3.05, 3.63) is 22.6 Å². The van der Waals surface area contributed by atoms with Crippen molar-refractivity contribution in [1.82, 2.24) is 4.98 Å². The summed E-state index contributed by atoms with van der Waals surface area (Å²) in [7, 11) is 0. The third-order valence-electron chi connectivity index (χ3n) is 3.35. The van der Waals surface area contributed by atoms with Gasteiger partial charge in [0, 0.05) is 16.7 Å². The molecule has 0 aliphatic heterocycles. The Bertz CT molecular complexity index is 406. The topological polar surface area (TPSA) is 24.9 Å². The summed E-state index contributed by atoms with van der Waals surface area (Å²) in [5, 5.41) is 3.23. The van der Waals surface area contributed by atoms with Gasteiger partial charge in [-0.05, 0) is 46.7 Å². The molecule has 1 N–H and O–H groups in total. The van der Waals surface area contributed by atoms with Crippen LogP contribution in [0.5, 0.6) is 0 Å². The molecule has 17 heavy (non-hydrogen) atoms. The lowest BCUT2D eigenvalue weighted by molar-refractivity contribution is 0.229. The average Bonchev–Trinajstić information content (AvgIpc) is 2.21. The monoisotopic (exact) mass is 300 g/mol. The van der Waals surface area contributed by atoms with E-state index < -0.39 is 0 Å². The Morgan fingerprint density at radius 1 is 1.53 bits per heavy atom. The van der Waals surface area contributed by atoms with E-state index in [0.29, 0.717) is 21.7 Å². The standard InChI is InChI=1S/C13H18BrFN2/c1-13(2)5-3-4-10(7-13)17-12-11(15)6-9(14)8-16-12/h6,8,10H,3-5,7H2,1-2H3,(H,16,17). The molecule has 0 aromatic carbocycles. The highest BCUT2D eigenvalue weighted by Gasteiger charge is 2.28. The maximum atomic E-state index is 13.6. The van der Waals surface area contributed by atoms with E-state index in [1.54, 1.807) is 6.20 Å². The van der Waals surface area contributed by atoms with Crippen molar-refractivity contribution >= 4 is 21.7 Å². The minimum Gasteiger partial charge on any atom is -0.365 e. The number of nitrogens with zero attached hydrogens (tertiary/aromatic N) is 1. The number of hydrogen-bond donors (Lipinski definition) is 1. The maximum absolute atomic E-state index is 13.6. The van der Waals surface area contributed by atoms with E-state index in [0.717, 1.165) is 12.8 Å². The molecule has 94 valence electrons. The number of pyridine rings is 1. The largest absolute Gasteiger partial charge is 0.365 e. The minimum atomic E-state index is -0.289. The molecule has 1 aliphatic rings. The van der Waals surface area contributed by atoms with Crippen LogP contribution in [0.1, 0.15) is 39.5 Å². The molecule has 0 bridgehead atoms. The van der Waals surface area contributed by atoms with Gasteiger partial charge in [0.05, 0.1) is 0 Å². The third kappa shape index (κ3) is 3.41. The van der Waals surface area contributed by atoms with Crippen LogP contribution in [0.2, 0.25) is 0 Å². The van der Waals surface area contributed by atoms with Gasteiger partial charge in [-0.1, -0.05) is 20.3 Å². The lowest BCUT2D eigenvalue weighted by atomic mass is 9.75. The Kier molecular flexibility index (Phi) is 3.71. The van der Waals surface area contributed by atoms with Crippen molar-refractivity contribution in [3.63, 3.8) is 0 Å². The molecule has 1 atom stereocenters. The van der Waals surface area contributed by atoms with Crippen LogP contribution in [0.25, 0.3) is 0 Å². The summed E-state index contributed by atoms with van der Waals surface area (Å²) in [6.07, 6.45) is 6.24. The lowest BCUT2D eigenvalue weighted by Gasteiger charge is -2.35. The molecule has 0 radical (unpaired) electrons. The summed E-state index contributed by atoms with van der Waals surface area (Å²) < 4.78 is 14.3. The average molecular weight is 301 g/mol. The number of halogens is 2. The van der Waals surface area contributed by atoms with E-state index in [1.165, 1.54) is 18.9 Å². The van der Waals surface area contributed by atoms with E-state index in [9.17, 15) is 4.39 Å². The second-order valence-electron chi connectivity index (χ2n) is 5.59. The van der Waals surface area contributed by atoms with Gasteiger partial charge in [-0.25, -0.2) is 9.37 Å². The Morgan fingerprint density at radius 3 is 2.94 bits per heavy atom. The first-order valence-electron chi connectivity index (χ1n) is 6.04. The summed E-state index contributed by atoms with van der Waals surface area (Å²) >= 11 is 3.21. The van der Waals surface area contributed by atoms with E-state index in [4.69, 9.17) is 0 Å². The zero-order valence-corrected chi connectivity index (χ0v) is 11.8. The predicted octanol–water partition coefficient (Wildman–Crippen LogP) is 4.36. The molecular weight excluding hydrogens is 283 g/mol. The molecule has 0 spiro atoms. The quantitative estimate of drug-likeness (QED) is 0.877. The number of hydrogen-bond acceptors (Lipinski definition) is 2. The van der Waals surface area contributed by atoms with Gasteiger partial charge >= 0.3 is 0 Å². The Hall–Kier alpha value is -0.640. The summed E-state index contributed by atoms with van der Waals surface area (Å²) in [5.74, 6) is 0.0821. The van der Waals surface area contributed by atoms with Crippen LogP contribution in [0.15, 0.2) is 16.7 Å². The van der Waals surface area contributed by atoms with E-state index in [-0.39, 0.29) is 5.82 Å². The number of rotatable bonds is 2. The van der Waals surface area contributed by atoms with Crippen LogP contribution in [-0.2, 0) is 0 Å². The van der Waals surface area contributed by atoms with Crippen molar-refractivity contribution in [1.29, 1.82) is 0 Å². The second-order valence-corrected chi connectivity index (χ2v) is 6.50. The first-order chi connectivity index (χ1) is 7.96. The first-order valence-corrected chi connectivity index (χ1v) is 6.83. The van der Waals surface area contributed by atoms with E-state index in [2.05, 4.69) is 40.1 Å². The van der Waals surface area contributed by atoms with E-state index >= 15 is 0 Å². The van der Waals surface area contributed by atoms with E-state index in [1.807, 2.05) is 0 Å². The molecule has 4 heteroatoms. The van der Waals surface area contributed by atoms with Gasteiger partial charge in [0.15, 0.2) is 11.6 Å². The summed E-state index contributed by atoms with van der Waals surface area (Å²) in [4.78, 5) is 4.09. The molecule has 1 aromatic rings. The molecule has 1 heterocycles. The maximum Gasteiger partial charge on any atom is 0.166 e. The molecule has 0 amide bonds. The van der Waals surface area contributed by atoms with Crippen LogP contribution >= 0.6 is 15.9 Å². The Balaban J connectivity index is 2.05. The fourth-order valence-corrected chi connectivity index (χ4v) is 2.84. The predicted molar refractivity (Wildman–Crippen MR) is 71.6 cm³/mol. The third-order valence-corrected chi connectivity index (χ3v) is 3.79. The van der Waals surface area contributed by atoms with Crippen molar-refractivity contribution in [2.45, 2.75) is 45.6 Å². The van der Waals surface area contributed by atoms with Crippen molar-refractivity contribution in [2.24, 2.45) is 5.41 Å². The van der Waals surface area contributed by atoms with Gasteiger partial charge in [0.25, 0.3) is 0 Å². The Morgan fingerprint density at radius 2 is 2.29 bits per heavy atom. The minimum absolute atomic E-state index is 0.289. The zero-order chi connectivity index (χ0) is 12.5. The summed E-state index contributed by atoms with van der Waals surface area (Å²) in [6.45, 7) is 4.54. The second kappa shape index (κ2) is 4.92. The molecule has 0 saturated heterocycles. The fraction of sp³-hybridized carbons (Fsp3) is 0.615. The van der Waals surface area contributed by atoms with Gasteiger partial charge in [0.1, 0.15) is 0 Å². The molecule has 1 saturated carbocycles. The van der Waals surface area contributed by atoms with Crippen LogP contribution in [0.4, 0.5) is 10.2 Å². The van der Waals surface area contributed by atoms with Crippen LogP contribution in [0, 0.1) is 11.2 Å². The first kappa shape index (κ1) is 12.8. The van der Waals surface area contributed by atoms with Gasteiger partial charge in [0.2, 0.25) is 0 Å². The number of anilines is 1. The molecule has 2 nitrogen and oxygen atoms in total. The highest BCUT2D eigenvalue weighted by molar-refractivity contribution is 9.10. The van der Waals surface area contributed by atoms with Crippen LogP contribution < -0.4 is 5.32 Å². The van der Waals surface area contributed by atoms with Crippen LogP contribution in [0.3, 0.4) is 0 Å². The van der Waals surface area contributed by atoms with Gasteiger partial charge in [-0.3, -0.25) is 0 Å². The molecular formula is C13H18BrFN2. The Labute approximate surface area is 110 Å².